The first kappa shape index (κ1) is 17.7. The summed E-state index contributed by atoms with van der Waals surface area (Å²) in [5.41, 5.74) is 2.69. The third-order valence-electron chi connectivity index (χ3n) is 4.35. The molecule has 0 unspecified atom stereocenters. The number of amides is 1. The fraction of sp³-hybridized carbons (Fsp3) is 0.714. The van der Waals surface area contributed by atoms with E-state index < -0.39 is 24.0 Å². The second-order valence-electron chi connectivity index (χ2n) is 5.96. The van der Waals surface area contributed by atoms with Crippen LogP contribution in [0, 0.1) is 5.92 Å². The number of nitrogens with two attached hydrogens (primary N) is 1. The maximum absolute atomic E-state index is 13.3. The SMILES string of the molecule is Cn1ccnc1[C@](O)(CCNC(=O)[C@H]1CCC[C@H]1N)C(F)(F)F. The van der Waals surface area contributed by atoms with Crippen molar-refractivity contribution in [2.24, 2.45) is 18.7 Å². The fourth-order valence-corrected chi connectivity index (χ4v) is 2.96. The number of rotatable bonds is 5. The van der Waals surface area contributed by atoms with Gasteiger partial charge in [-0.3, -0.25) is 4.79 Å². The molecule has 6 nitrogen and oxygen atoms in total. The molecule has 1 amide bonds. The molecular formula is C14H21F3N4O2. The highest BCUT2D eigenvalue weighted by molar-refractivity contribution is 5.79. The molecule has 1 saturated carbocycles. The van der Waals surface area contributed by atoms with Gasteiger partial charge in [-0.15, -0.1) is 0 Å². The van der Waals surface area contributed by atoms with Gasteiger partial charge >= 0.3 is 6.18 Å². The van der Waals surface area contributed by atoms with E-state index in [4.69, 9.17) is 5.73 Å². The number of aromatic nitrogens is 2. The number of nitrogens with one attached hydrogen (secondary N) is 1. The van der Waals surface area contributed by atoms with Crippen LogP contribution in [0.2, 0.25) is 0 Å². The Hall–Kier alpha value is -1.61. The lowest BCUT2D eigenvalue weighted by Gasteiger charge is -2.30. The number of aryl methyl sites for hydroxylation is 1. The summed E-state index contributed by atoms with van der Waals surface area (Å²) >= 11 is 0. The Morgan fingerprint density at radius 2 is 2.22 bits per heavy atom. The van der Waals surface area contributed by atoms with Crippen molar-refractivity contribution in [1.29, 1.82) is 0 Å². The Morgan fingerprint density at radius 1 is 1.52 bits per heavy atom. The van der Waals surface area contributed by atoms with Crippen LogP contribution in [0.1, 0.15) is 31.5 Å². The van der Waals surface area contributed by atoms with Gasteiger partial charge in [-0.25, -0.2) is 4.98 Å². The zero-order valence-electron chi connectivity index (χ0n) is 12.8. The van der Waals surface area contributed by atoms with Gasteiger partial charge < -0.3 is 20.7 Å². The van der Waals surface area contributed by atoms with Crippen LogP contribution in [0.3, 0.4) is 0 Å². The molecule has 0 aliphatic heterocycles. The van der Waals surface area contributed by atoms with E-state index in [2.05, 4.69) is 10.3 Å². The number of hydrogen-bond acceptors (Lipinski definition) is 4. The Labute approximate surface area is 131 Å². The predicted molar refractivity (Wildman–Crippen MR) is 76.1 cm³/mol. The molecule has 1 aromatic heterocycles. The number of nitrogens with zero attached hydrogens (tertiary/aromatic N) is 2. The highest BCUT2D eigenvalue weighted by atomic mass is 19.4. The van der Waals surface area contributed by atoms with Gasteiger partial charge in [0.05, 0.1) is 5.92 Å². The highest BCUT2D eigenvalue weighted by Gasteiger charge is 2.57. The van der Waals surface area contributed by atoms with Gasteiger partial charge in [-0.1, -0.05) is 6.42 Å². The number of aliphatic hydroxyl groups is 1. The standard InChI is InChI=1S/C14H21F3N4O2/c1-21-8-7-20-12(21)13(23,14(15,16)17)5-6-19-11(22)9-3-2-4-10(9)18/h7-10,23H,2-6,18H2,1H3,(H,19,22)/t9-,10+,13+/m0/s1. The van der Waals surface area contributed by atoms with Crippen LogP contribution in [0.4, 0.5) is 13.2 Å². The van der Waals surface area contributed by atoms with Crippen molar-refractivity contribution in [3.8, 4) is 0 Å². The maximum atomic E-state index is 13.3. The van der Waals surface area contributed by atoms with E-state index in [0.29, 0.717) is 6.42 Å². The number of carbonyl (C=O) groups excluding carboxylic acids is 1. The Morgan fingerprint density at radius 3 is 2.70 bits per heavy atom. The van der Waals surface area contributed by atoms with Crippen LogP contribution in [0.15, 0.2) is 12.4 Å². The largest absolute Gasteiger partial charge is 0.424 e. The molecule has 1 aromatic rings. The van der Waals surface area contributed by atoms with Crippen LogP contribution in [-0.2, 0) is 17.4 Å². The summed E-state index contributed by atoms with van der Waals surface area (Å²) in [6, 6.07) is -0.258. The van der Waals surface area contributed by atoms with Crippen LogP contribution >= 0.6 is 0 Å². The van der Waals surface area contributed by atoms with Gasteiger partial charge in [0.2, 0.25) is 11.5 Å². The van der Waals surface area contributed by atoms with Crippen LogP contribution in [-0.4, -0.2) is 39.3 Å². The van der Waals surface area contributed by atoms with E-state index in [1.54, 1.807) is 0 Å². The van der Waals surface area contributed by atoms with Gasteiger partial charge in [0, 0.05) is 38.4 Å². The van der Waals surface area contributed by atoms with E-state index in [1.807, 2.05) is 0 Å². The van der Waals surface area contributed by atoms with E-state index in [1.165, 1.54) is 19.4 Å². The zero-order valence-corrected chi connectivity index (χ0v) is 12.8. The summed E-state index contributed by atoms with van der Waals surface area (Å²) in [6.45, 7) is -0.315. The molecule has 1 aliphatic rings. The van der Waals surface area contributed by atoms with Crippen molar-refractivity contribution in [2.45, 2.75) is 43.5 Å². The zero-order chi connectivity index (χ0) is 17.3. The molecule has 0 radical (unpaired) electrons. The quantitative estimate of drug-likeness (QED) is 0.743. The summed E-state index contributed by atoms with van der Waals surface area (Å²) in [6.07, 6.45) is -0.910. The molecule has 1 aliphatic carbocycles. The second-order valence-corrected chi connectivity index (χ2v) is 5.96. The molecule has 0 saturated heterocycles. The summed E-state index contributed by atoms with van der Waals surface area (Å²) in [4.78, 5) is 15.6. The monoisotopic (exact) mass is 334 g/mol. The second kappa shape index (κ2) is 6.48. The summed E-state index contributed by atoms with van der Waals surface area (Å²) < 4.78 is 41.0. The highest BCUT2D eigenvalue weighted by Crippen LogP contribution is 2.40. The lowest BCUT2D eigenvalue weighted by atomic mass is 9.97. The van der Waals surface area contributed by atoms with E-state index >= 15 is 0 Å². The maximum Gasteiger partial charge on any atom is 0.424 e. The van der Waals surface area contributed by atoms with Crippen molar-refractivity contribution < 1.29 is 23.1 Å². The van der Waals surface area contributed by atoms with E-state index in [-0.39, 0.29) is 24.4 Å². The molecule has 130 valence electrons. The third kappa shape index (κ3) is 3.50. The summed E-state index contributed by atoms with van der Waals surface area (Å²) in [7, 11) is 1.37. The van der Waals surface area contributed by atoms with Crippen LogP contribution in [0.5, 0.6) is 0 Å². The fourth-order valence-electron chi connectivity index (χ4n) is 2.96. The van der Waals surface area contributed by atoms with Gasteiger partial charge in [-0.05, 0) is 12.8 Å². The predicted octanol–water partition coefficient (Wildman–Crippen LogP) is 0.804. The molecule has 1 fully saturated rings. The van der Waals surface area contributed by atoms with Gasteiger partial charge in [0.1, 0.15) is 5.82 Å². The van der Waals surface area contributed by atoms with Crippen molar-refractivity contribution >= 4 is 5.91 Å². The first-order valence-corrected chi connectivity index (χ1v) is 7.47. The van der Waals surface area contributed by atoms with Crippen molar-refractivity contribution in [1.82, 2.24) is 14.9 Å². The molecular weight excluding hydrogens is 313 g/mol. The summed E-state index contributed by atoms with van der Waals surface area (Å²) in [5, 5.41) is 12.6. The molecule has 0 bridgehead atoms. The molecule has 0 spiro atoms. The van der Waals surface area contributed by atoms with Gasteiger partial charge in [0.25, 0.3) is 0 Å². The van der Waals surface area contributed by atoms with Gasteiger partial charge in [-0.2, -0.15) is 13.2 Å². The minimum Gasteiger partial charge on any atom is -0.374 e. The Balaban J connectivity index is 2.03. The lowest BCUT2D eigenvalue weighted by molar-refractivity contribution is -0.272. The topological polar surface area (TPSA) is 93.2 Å². The van der Waals surface area contributed by atoms with E-state index in [9.17, 15) is 23.1 Å². The molecule has 3 atom stereocenters. The molecule has 4 N–H and O–H groups in total. The number of halogens is 3. The van der Waals surface area contributed by atoms with Crippen molar-refractivity contribution in [2.75, 3.05) is 6.54 Å². The van der Waals surface area contributed by atoms with Gasteiger partial charge in [0.15, 0.2) is 0 Å². The number of hydrogen-bond donors (Lipinski definition) is 3. The third-order valence-corrected chi connectivity index (χ3v) is 4.35. The average molecular weight is 334 g/mol. The van der Waals surface area contributed by atoms with Crippen LogP contribution < -0.4 is 11.1 Å². The first-order chi connectivity index (χ1) is 10.7. The molecule has 2 rings (SSSR count). The first-order valence-electron chi connectivity index (χ1n) is 7.47. The van der Waals surface area contributed by atoms with E-state index in [0.717, 1.165) is 17.4 Å². The van der Waals surface area contributed by atoms with Crippen molar-refractivity contribution in [3.05, 3.63) is 18.2 Å². The average Bonchev–Trinajstić information content (AvgIpc) is 3.05. The summed E-state index contributed by atoms with van der Waals surface area (Å²) in [5.74, 6) is -1.24. The lowest BCUT2D eigenvalue weighted by Crippen LogP contribution is -2.47. The smallest absolute Gasteiger partial charge is 0.374 e. The normalized spacial score (nSPS) is 24.4. The number of imidazole rings is 1. The minimum atomic E-state index is -4.90. The Kier molecular flexibility index (Phi) is 5.00. The van der Waals surface area contributed by atoms with Crippen LogP contribution in [0.25, 0.3) is 0 Å². The number of alkyl halides is 3. The molecule has 23 heavy (non-hydrogen) atoms. The molecule has 1 heterocycles. The number of carbonyl (C=O) groups is 1. The minimum absolute atomic E-state index is 0.258. The van der Waals surface area contributed by atoms with Crippen molar-refractivity contribution in [3.63, 3.8) is 0 Å². The molecule has 0 aromatic carbocycles. The molecule has 9 heteroatoms. The Bertz CT molecular complexity index is 560.